The summed E-state index contributed by atoms with van der Waals surface area (Å²) in [6.45, 7) is 2.67. The van der Waals surface area contributed by atoms with Crippen LogP contribution in [0, 0.1) is 17.2 Å². The number of nitriles is 1. The summed E-state index contributed by atoms with van der Waals surface area (Å²) in [6, 6.07) is 10.3. The van der Waals surface area contributed by atoms with Gasteiger partial charge >= 0.3 is 0 Å². The molecule has 1 aromatic heterocycles. The van der Waals surface area contributed by atoms with E-state index in [1.54, 1.807) is 0 Å². The van der Waals surface area contributed by atoms with Crippen molar-refractivity contribution in [3.63, 3.8) is 0 Å². The number of nitrogens with zero attached hydrogens (tertiary/aromatic N) is 3. The van der Waals surface area contributed by atoms with Gasteiger partial charge in [-0.15, -0.1) is 0 Å². The van der Waals surface area contributed by atoms with E-state index >= 15 is 0 Å². The molecule has 0 aliphatic carbocycles. The molecule has 3 nitrogen and oxygen atoms in total. The summed E-state index contributed by atoms with van der Waals surface area (Å²) in [5.41, 5.74) is 1.03. The van der Waals surface area contributed by atoms with Gasteiger partial charge in [-0.25, -0.2) is 0 Å². The normalized spacial score (nSPS) is 12.3. The first kappa shape index (κ1) is 10.9. The number of fused-ring (bicyclic) bond motifs is 1. The summed E-state index contributed by atoms with van der Waals surface area (Å²) < 4.78 is 4.39. The van der Waals surface area contributed by atoms with Gasteiger partial charge in [-0.2, -0.15) is 9.64 Å². The van der Waals surface area contributed by atoms with Crippen LogP contribution in [0.25, 0.3) is 10.9 Å². The average molecular weight is 231 g/mol. The van der Waals surface area contributed by atoms with E-state index in [4.69, 9.17) is 5.26 Å². The van der Waals surface area contributed by atoms with Crippen molar-refractivity contribution in [2.45, 2.75) is 6.92 Å². The van der Waals surface area contributed by atoms with Gasteiger partial charge in [0.2, 0.25) is 0 Å². The van der Waals surface area contributed by atoms with Gasteiger partial charge in [0.25, 0.3) is 0 Å². The van der Waals surface area contributed by atoms with Gasteiger partial charge in [0, 0.05) is 19.0 Å². The number of rotatable bonds is 3. The van der Waals surface area contributed by atoms with Crippen LogP contribution in [-0.2, 0) is 0 Å². The summed E-state index contributed by atoms with van der Waals surface area (Å²) in [5, 5.41) is 11.1. The molecule has 4 heteroatoms. The first-order chi connectivity index (χ1) is 7.72. The van der Waals surface area contributed by atoms with E-state index < -0.39 is 0 Å². The zero-order valence-electron chi connectivity index (χ0n) is 9.34. The van der Waals surface area contributed by atoms with Crippen LogP contribution in [-0.4, -0.2) is 18.0 Å². The van der Waals surface area contributed by atoms with Crippen LogP contribution in [0.1, 0.15) is 6.92 Å². The second-order valence-electron chi connectivity index (χ2n) is 3.92. The third kappa shape index (κ3) is 2.00. The predicted molar refractivity (Wildman–Crippen MR) is 67.7 cm³/mol. The topological polar surface area (TPSA) is 39.9 Å². The maximum Gasteiger partial charge on any atom is 0.119 e. The first-order valence-corrected chi connectivity index (χ1v) is 5.95. The van der Waals surface area contributed by atoms with Crippen molar-refractivity contribution in [2.75, 3.05) is 18.5 Å². The number of aromatic nitrogens is 1. The highest BCUT2D eigenvalue weighted by Crippen LogP contribution is 2.30. The minimum Gasteiger partial charge on any atom is -0.363 e. The second kappa shape index (κ2) is 4.50. The van der Waals surface area contributed by atoms with E-state index in [0.717, 1.165) is 17.1 Å². The lowest BCUT2D eigenvalue weighted by Crippen LogP contribution is -2.22. The average Bonchev–Trinajstić information content (AvgIpc) is 2.72. The fraction of sp³-hybridized carbons (Fsp3) is 0.333. The molecular formula is C12H13N3S. The van der Waals surface area contributed by atoms with Crippen molar-refractivity contribution in [3.8, 4) is 6.07 Å². The molecule has 0 saturated heterocycles. The summed E-state index contributed by atoms with van der Waals surface area (Å²) in [5.74, 6) is 0.0332. The van der Waals surface area contributed by atoms with Crippen LogP contribution >= 0.6 is 11.5 Å². The smallest absolute Gasteiger partial charge is 0.119 e. The largest absolute Gasteiger partial charge is 0.363 e. The molecule has 0 bridgehead atoms. The maximum absolute atomic E-state index is 8.81. The highest BCUT2D eigenvalue weighted by molar-refractivity contribution is 7.11. The second-order valence-corrected chi connectivity index (χ2v) is 4.67. The van der Waals surface area contributed by atoms with Crippen LogP contribution in [0.5, 0.6) is 0 Å². The number of benzene rings is 1. The number of hydrogen-bond donors (Lipinski definition) is 0. The number of anilines is 1. The fourth-order valence-electron chi connectivity index (χ4n) is 1.69. The summed E-state index contributed by atoms with van der Waals surface area (Å²) in [4.78, 5) is 2.11. The highest BCUT2D eigenvalue weighted by Gasteiger charge is 2.12. The minimum absolute atomic E-state index is 0.0332. The zero-order valence-corrected chi connectivity index (χ0v) is 10.2. The van der Waals surface area contributed by atoms with Crippen LogP contribution in [0.4, 0.5) is 5.00 Å². The van der Waals surface area contributed by atoms with Crippen LogP contribution < -0.4 is 4.90 Å². The molecule has 1 aromatic carbocycles. The van der Waals surface area contributed by atoms with Crippen molar-refractivity contribution >= 4 is 27.4 Å². The maximum atomic E-state index is 8.81. The Bertz CT molecular complexity index is 526. The van der Waals surface area contributed by atoms with Gasteiger partial charge in [0.1, 0.15) is 5.00 Å². The lowest BCUT2D eigenvalue weighted by atomic mass is 10.2. The molecule has 0 spiro atoms. The van der Waals surface area contributed by atoms with E-state index in [-0.39, 0.29) is 5.92 Å². The molecule has 0 aliphatic rings. The van der Waals surface area contributed by atoms with E-state index in [1.165, 1.54) is 16.9 Å². The molecule has 16 heavy (non-hydrogen) atoms. The van der Waals surface area contributed by atoms with Gasteiger partial charge in [0.15, 0.2) is 0 Å². The Balaban J connectivity index is 2.30. The molecule has 0 radical (unpaired) electrons. The molecule has 1 heterocycles. The Kier molecular flexibility index (Phi) is 3.07. The van der Waals surface area contributed by atoms with Crippen LogP contribution in [0.15, 0.2) is 24.3 Å². The summed E-state index contributed by atoms with van der Waals surface area (Å²) in [6.07, 6.45) is 0. The fourth-order valence-corrected chi connectivity index (χ4v) is 2.51. The van der Waals surface area contributed by atoms with Crippen molar-refractivity contribution in [3.05, 3.63) is 24.3 Å². The van der Waals surface area contributed by atoms with Crippen LogP contribution in [0.3, 0.4) is 0 Å². The Morgan fingerprint density at radius 3 is 3.00 bits per heavy atom. The van der Waals surface area contributed by atoms with Crippen molar-refractivity contribution in [2.24, 2.45) is 5.92 Å². The highest BCUT2D eigenvalue weighted by atomic mass is 32.1. The van der Waals surface area contributed by atoms with E-state index in [1.807, 2.05) is 32.2 Å². The molecule has 0 saturated carbocycles. The molecule has 2 rings (SSSR count). The lowest BCUT2D eigenvalue weighted by molar-refractivity contribution is 0.721. The third-order valence-corrected chi connectivity index (χ3v) is 3.47. The van der Waals surface area contributed by atoms with Gasteiger partial charge in [-0.3, -0.25) is 0 Å². The molecule has 0 N–H and O–H groups in total. The minimum atomic E-state index is 0.0332. The van der Waals surface area contributed by atoms with Crippen molar-refractivity contribution < 1.29 is 0 Å². The third-order valence-electron chi connectivity index (χ3n) is 2.48. The van der Waals surface area contributed by atoms with Crippen LogP contribution in [0.2, 0.25) is 0 Å². The molecule has 82 valence electrons. The Labute approximate surface area is 99.1 Å². The van der Waals surface area contributed by atoms with Gasteiger partial charge in [-0.1, -0.05) is 12.1 Å². The summed E-state index contributed by atoms with van der Waals surface area (Å²) >= 11 is 1.49. The molecule has 2 aromatic rings. The predicted octanol–water partition coefficient (Wildman–Crippen LogP) is 2.89. The van der Waals surface area contributed by atoms with E-state index in [9.17, 15) is 0 Å². The first-order valence-electron chi connectivity index (χ1n) is 5.17. The van der Waals surface area contributed by atoms with Gasteiger partial charge in [-0.05, 0) is 30.6 Å². The van der Waals surface area contributed by atoms with E-state index in [2.05, 4.69) is 21.4 Å². The van der Waals surface area contributed by atoms with Gasteiger partial charge in [0.05, 0.1) is 17.5 Å². The Hall–Kier alpha value is -1.60. The molecule has 1 unspecified atom stereocenters. The molecular weight excluding hydrogens is 218 g/mol. The lowest BCUT2D eigenvalue weighted by Gasteiger charge is -2.18. The SMILES string of the molecule is CC(C#N)CN(C)c1snc2ccccc12. The molecule has 0 aliphatic heterocycles. The quantitative estimate of drug-likeness (QED) is 0.815. The van der Waals surface area contributed by atoms with Gasteiger partial charge < -0.3 is 4.90 Å². The standard InChI is InChI=1S/C12H13N3S/c1-9(7-13)8-15(2)12-10-5-3-4-6-11(10)14-16-12/h3-6,9H,8H2,1-2H3. The Morgan fingerprint density at radius 2 is 2.25 bits per heavy atom. The van der Waals surface area contributed by atoms with E-state index in [0.29, 0.717) is 0 Å². The monoisotopic (exact) mass is 231 g/mol. The van der Waals surface area contributed by atoms with Crippen molar-refractivity contribution in [1.82, 2.24) is 4.37 Å². The molecule has 0 amide bonds. The van der Waals surface area contributed by atoms with Crippen molar-refractivity contribution in [1.29, 1.82) is 5.26 Å². The number of hydrogen-bond acceptors (Lipinski definition) is 4. The zero-order chi connectivity index (χ0) is 11.5. The summed E-state index contributed by atoms with van der Waals surface area (Å²) in [7, 11) is 2.01. The Morgan fingerprint density at radius 1 is 1.50 bits per heavy atom. The molecule has 0 fully saturated rings. The molecule has 1 atom stereocenters.